The largest absolute Gasteiger partial charge is 0.455 e. The standard InChI is InChI=1S/C26H29F3N4O5/c1-15(34)16-3-7-21(20(11-16)26(27,28)29)38-19-6-5-18(30-13-19)12-31-24(37)25(9-10-25)32-23(36)17-4-8-22(35)33(2)14-17/h3,5-7,11,13,15,17,34H,4,8-10,12,14H2,1-2H3,(H,31,37)(H,32,36). The molecule has 38 heavy (non-hydrogen) atoms. The van der Waals surface area contributed by atoms with Gasteiger partial charge in [0.25, 0.3) is 0 Å². The van der Waals surface area contributed by atoms with Crippen molar-refractivity contribution in [2.75, 3.05) is 13.6 Å². The number of alkyl halides is 3. The van der Waals surface area contributed by atoms with E-state index in [0.717, 1.165) is 12.1 Å². The number of ether oxygens (including phenoxy) is 1. The molecule has 1 aromatic carbocycles. The van der Waals surface area contributed by atoms with Gasteiger partial charge in [0.2, 0.25) is 17.7 Å². The molecule has 2 unspecified atom stereocenters. The van der Waals surface area contributed by atoms with Crippen molar-refractivity contribution < 1.29 is 37.4 Å². The van der Waals surface area contributed by atoms with Crippen LogP contribution in [0.5, 0.6) is 11.5 Å². The van der Waals surface area contributed by atoms with Crippen LogP contribution in [0.25, 0.3) is 0 Å². The molecule has 0 bridgehead atoms. The maximum absolute atomic E-state index is 13.5. The molecule has 2 aromatic rings. The van der Waals surface area contributed by atoms with Crippen molar-refractivity contribution in [3.8, 4) is 11.5 Å². The lowest BCUT2D eigenvalue weighted by atomic mass is 9.96. The second-order valence-corrected chi connectivity index (χ2v) is 9.78. The van der Waals surface area contributed by atoms with Crippen molar-refractivity contribution in [3.63, 3.8) is 0 Å². The van der Waals surface area contributed by atoms with Crippen molar-refractivity contribution in [2.45, 2.75) is 57.0 Å². The number of aliphatic hydroxyl groups excluding tert-OH is 1. The summed E-state index contributed by atoms with van der Waals surface area (Å²) in [6.07, 6.45) is -2.76. The zero-order valence-corrected chi connectivity index (χ0v) is 21.0. The molecule has 3 N–H and O–H groups in total. The molecule has 2 heterocycles. The van der Waals surface area contributed by atoms with Crippen molar-refractivity contribution >= 4 is 17.7 Å². The second-order valence-electron chi connectivity index (χ2n) is 9.78. The van der Waals surface area contributed by atoms with Gasteiger partial charge in [-0.05, 0) is 56.0 Å². The first-order chi connectivity index (χ1) is 17.9. The van der Waals surface area contributed by atoms with Crippen molar-refractivity contribution in [2.24, 2.45) is 5.92 Å². The number of aliphatic hydroxyl groups is 1. The Balaban J connectivity index is 1.33. The van der Waals surface area contributed by atoms with Gasteiger partial charge in [0, 0.05) is 20.0 Å². The average Bonchev–Trinajstić information content (AvgIpc) is 3.65. The SMILES string of the molecule is CC(O)c1ccc(Oc2ccc(CNC(=O)C3(NC(=O)C4CCC(=O)N(C)C4)CC3)nc2)c(C(F)(F)F)c1. The lowest BCUT2D eigenvalue weighted by molar-refractivity contribution is -0.139. The van der Waals surface area contributed by atoms with E-state index in [-0.39, 0.29) is 41.5 Å². The Labute approximate surface area is 217 Å². The molecule has 1 saturated carbocycles. The lowest BCUT2D eigenvalue weighted by Crippen LogP contribution is -2.52. The lowest BCUT2D eigenvalue weighted by Gasteiger charge is -2.30. The zero-order valence-electron chi connectivity index (χ0n) is 21.0. The van der Waals surface area contributed by atoms with Crippen LogP contribution in [0.1, 0.15) is 55.5 Å². The minimum Gasteiger partial charge on any atom is -0.455 e. The van der Waals surface area contributed by atoms with Gasteiger partial charge in [0.1, 0.15) is 17.0 Å². The summed E-state index contributed by atoms with van der Waals surface area (Å²) in [5.41, 5.74) is -1.44. The van der Waals surface area contributed by atoms with E-state index in [0.29, 0.717) is 37.9 Å². The average molecular weight is 535 g/mol. The Hall–Kier alpha value is -3.67. The Bertz CT molecular complexity index is 1210. The number of aromatic nitrogens is 1. The summed E-state index contributed by atoms with van der Waals surface area (Å²) in [7, 11) is 1.65. The molecule has 1 aliphatic carbocycles. The quantitative estimate of drug-likeness (QED) is 0.479. The zero-order chi connectivity index (χ0) is 27.7. The molecule has 0 spiro atoms. The number of nitrogens with one attached hydrogen (secondary N) is 2. The number of nitrogens with zero attached hydrogens (tertiary/aromatic N) is 2. The van der Waals surface area contributed by atoms with Gasteiger partial charge in [-0.1, -0.05) is 6.07 Å². The first kappa shape index (κ1) is 27.4. The molecule has 4 rings (SSSR count). The maximum Gasteiger partial charge on any atom is 0.419 e. The van der Waals surface area contributed by atoms with E-state index < -0.39 is 29.1 Å². The molecule has 204 valence electrons. The molecule has 1 saturated heterocycles. The molecule has 12 heteroatoms. The predicted octanol–water partition coefficient (Wildman–Crippen LogP) is 3.08. The number of likely N-dealkylation sites (tertiary alicyclic amines) is 1. The van der Waals surface area contributed by atoms with Crippen LogP contribution in [-0.2, 0) is 27.1 Å². The summed E-state index contributed by atoms with van der Waals surface area (Å²) in [6.45, 7) is 1.74. The Morgan fingerprint density at radius 3 is 2.58 bits per heavy atom. The van der Waals surface area contributed by atoms with Gasteiger partial charge in [-0.2, -0.15) is 13.2 Å². The van der Waals surface area contributed by atoms with Crippen molar-refractivity contribution in [1.82, 2.24) is 20.5 Å². The van der Waals surface area contributed by atoms with Gasteiger partial charge in [0.05, 0.1) is 36.0 Å². The number of carbonyl (C=O) groups excluding carboxylic acids is 3. The molecule has 1 aliphatic heterocycles. The minimum atomic E-state index is -4.68. The van der Waals surface area contributed by atoms with E-state index in [1.165, 1.54) is 36.2 Å². The summed E-state index contributed by atoms with van der Waals surface area (Å²) in [4.78, 5) is 42.8. The Kier molecular flexibility index (Phi) is 7.63. The molecular formula is C26H29F3N4O5. The summed E-state index contributed by atoms with van der Waals surface area (Å²) in [5.74, 6) is -1.33. The van der Waals surface area contributed by atoms with Gasteiger partial charge in [-0.15, -0.1) is 0 Å². The van der Waals surface area contributed by atoms with E-state index in [2.05, 4.69) is 15.6 Å². The van der Waals surface area contributed by atoms with E-state index in [1.807, 2.05) is 0 Å². The number of pyridine rings is 1. The molecule has 9 nitrogen and oxygen atoms in total. The summed E-state index contributed by atoms with van der Waals surface area (Å²) in [5, 5.41) is 15.2. The van der Waals surface area contributed by atoms with Crippen LogP contribution in [0.3, 0.4) is 0 Å². The normalized spacial score (nSPS) is 19.5. The van der Waals surface area contributed by atoms with E-state index in [1.54, 1.807) is 7.05 Å². The third kappa shape index (κ3) is 6.24. The number of amides is 3. The third-order valence-corrected chi connectivity index (χ3v) is 6.79. The highest BCUT2D eigenvalue weighted by Crippen LogP contribution is 2.40. The molecule has 1 aromatic heterocycles. The van der Waals surface area contributed by atoms with E-state index >= 15 is 0 Å². The monoisotopic (exact) mass is 534 g/mol. The number of carbonyl (C=O) groups is 3. The fourth-order valence-corrected chi connectivity index (χ4v) is 4.26. The van der Waals surface area contributed by atoms with Crippen LogP contribution in [0.4, 0.5) is 13.2 Å². The van der Waals surface area contributed by atoms with Crippen LogP contribution < -0.4 is 15.4 Å². The molecule has 0 radical (unpaired) electrons. The van der Waals surface area contributed by atoms with Crippen LogP contribution in [0.15, 0.2) is 36.5 Å². The van der Waals surface area contributed by atoms with Crippen molar-refractivity contribution in [1.29, 1.82) is 0 Å². The van der Waals surface area contributed by atoms with Crippen LogP contribution >= 0.6 is 0 Å². The third-order valence-electron chi connectivity index (χ3n) is 6.79. The van der Waals surface area contributed by atoms with Crippen molar-refractivity contribution in [3.05, 3.63) is 53.3 Å². The summed E-state index contributed by atoms with van der Waals surface area (Å²) < 4.78 is 45.9. The van der Waals surface area contributed by atoms with E-state index in [4.69, 9.17) is 4.74 Å². The van der Waals surface area contributed by atoms with Gasteiger partial charge < -0.3 is 25.4 Å². The topological polar surface area (TPSA) is 121 Å². The number of halogens is 3. The Morgan fingerprint density at radius 2 is 2.00 bits per heavy atom. The number of rotatable bonds is 8. The molecule has 2 aliphatic rings. The maximum atomic E-state index is 13.5. The van der Waals surface area contributed by atoms with Crippen LogP contribution in [0.2, 0.25) is 0 Å². The van der Waals surface area contributed by atoms with Gasteiger partial charge in [0.15, 0.2) is 0 Å². The van der Waals surface area contributed by atoms with Gasteiger partial charge in [-0.25, -0.2) is 0 Å². The van der Waals surface area contributed by atoms with Gasteiger partial charge in [-0.3, -0.25) is 19.4 Å². The van der Waals surface area contributed by atoms with Crippen LogP contribution in [0, 0.1) is 5.92 Å². The van der Waals surface area contributed by atoms with Gasteiger partial charge >= 0.3 is 6.18 Å². The highest BCUT2D eigenvalue weighted by atomic mass is 19.4. The fourth-order valence-electron chi connectivity index (χ4n) is 4.26. The second kappa shape index (κ2) is 10.6. The molecule has 2 fully saturated rings. The molecule has 3 amide bonds. The molecular weight excluding hydrogens is 505 g/mol. The minimum absolute atomic E-state index is 0.00752. The fraction of sp³-hybridized carbons (Fsp3) is 0.462. The Morgan fingerprint density at radius 1 is 1.26 bits per heavy atom. The number of hydrogen-bond donors (Lipinski definition) is 3. The number of hydrogen-bond acceptors (Lipinski definition) is 6. The van der Waals surface area contributed by atoms with Crippen LogP contribution in [-0.4, -0.2) is 51.8 Å². The first-order valence-corrected chi connectivity index (χ1v) is 12.2. The predicted molar refractivity (Wildman–Crippen MR) is 129 cm³/mol. The smallest absolute Gasteiger partial charge is 0.419 e. The highest BCUT2D eigenvalue weighted by molar-refractivity contribution is 5.95. The summed E-state index contributed by atoms with van der Waals surface area (Å²) in [6, 6.07) is 6.29. The first-order valence-electron chi connectivity index (χ1n) is 12.2. The molecule has 2 atom stereocenters. The number of benzene rings is 1. The summed E-state index contributed by atoms with van der Waals surface area (Å²) >= 11 is 0. The highest BCUT2D eigenvalue weighted by Gasteiger charge is 2.51. The number of piperidine rings is 1. The van der Waals surface area contributed by atoms with E-state index in [9.17, 15) is 32.7 Å².